The molecule has 2 aromatic rings. The Balaban J connectivity index is 1.43. The van der Waals surface area contributed by atoms with Crippen LogP contribution < -0.4 is 16.0 Å². The first-order valence-corrected chi connectivity index (χ1v) is 11.7. The third kappa shape index (κ3) is 7.33. The fourth-order valence-electron chi connectivity index (χ4n) is 3.58. The van der Waals surface area contributed by atoms with E-state index < -0.39 is 0 Å². The number of aromatic nitrogens is 1. The van der Waals surface area contributed by atoms with Crippen LogP contribution in [0.2, 0.25) is 0 Å². The van der Waals surface area contributed by atoms with Crippen LogP contribution in [0.5, 0.6) is 0 Å². The molecule has 1 saturated heterocycles. The van der Waals surface area contributed by atoms with E-state index in [4.69, 9.17) is 4.99 Å². The lowest BCUT2D eigenvalue weighted by atomic mass is 10.2. The van der Waals surface area contributed by atoms with Crippen LogP contribution in [0.25, 0.3) is 0 Å². The number of pyridine rings is 1. The molecule has 1 fully saturated rings. The Kier molecular flexibility index (Phi) is 9.26. The van der Waals surface area contributed by atoms with E-state index in [1.54, 1.807) is 0 Å². The van der Waals surface area contributed by atoms with Crippen molar-refractivity contribution in [3.8, 4) is 0 Å². The van der Waals surface area contributed by atoms with Gasteiger partial charge < -0.3 is 16.0 Å². The van der Waals surface area contributed by atoms with Gasteiger partial charge in [0, 0.05) is 30.7 Å². The maximum Gasteiger partial charge on any atom is 0.191 e. The van der Waals surface area contributed by atoms with E-state index in [1.807, 2.05) is 35.7 Å². The molecule has 0 bridgehead atoms. The zero-order valence-corrected chi connectivity index (χ0v) is 18.3. The summed E-state index contributed by atoms with van der Waals surface area (Å²) in [4.78, 5) is 13.2. The number of hydrogen-bond acceptors (Lipinski definition) is 5. The van der Waals surface area contributed by atoms with Crippen molar-refractivity contribution in [2.45, 2.75) is 38.6 Å². The molecule has 3 rings (SSSR count). The highest BCUT2D eigenvalue weighted by Gasteiger charge is 2.24. The first kappa shape index (κ1) is 21.6. The van der Waals surface area contributed by atoms with Gasteiger partial charge in [0.25, 0.3) is 0 Å². The van der Waals surface area contributed by atoms with Gasteiger partial charge in [0.1, 0.15) is 5.82 Å². The van der Waals surface area contributed by atoms with Crippen molar-refractivity contribution < 1.29 is 0 Å². The molecule has 7 heteroatoms. The number of aliphatic imine (C=N–C) groups is 1. The zero-order chi connectivity index (χ0) is 20.2. The van der Waals surface area contributed by atoms with Crippen LogP contribution in [0.1, 0.15) is 43.5 Å². The Hall–Kier alpha value is -2.12. The molecule has 0 spiro atoms. The van der Waals surface area contributed by atoms with Gasteiger partial charge in [0.05, 0.1) is 12.6 Å². The SMILES string of the molecule is CCNC(=NCC(c1cccs1)N1CCCC1)NCCCCNc1ccccn1. The minimum atomic E-state index is 0.399. The summed E-state index contributed by atoms with van der Waals surface area (Å²) in [7, 11) is 0. The van der Waals surface area contributed by atoms with Gasteiger partial charge in [-0.2, -0.15) is 0 Å². The minimum absolute atomic E-state index is 0.399. The van der Waals surface area contributed by atoms with E-state index in [0.29, 0.717) is 6.04 Å². The van der Waals surface area contributed by atoms with Crippen LogP contribution >= 0.6 is 11.3 Å². The number of guanidine groups is 1. The van der Waals surface area contributed by atoms with Gasteiger partial charge in [-0.05, 0) is 69.3 Å². The molecule has 1 atom stereocenters. The molecule has 0 amide bonds. The Morgan fingerprint density at radius 1 is 1.14 bits per heavy atom. The number of nitrogens with zero attached hydrogens (tertiary/aromatic N) is 3. The zero-order valence-electron chi connectivity index (χ0n) is 17.4. The molecular weight excluding hydrogens is 380 g/mol. The second-order valence-corrected chi connectivity index (χ2v) is 8.25. The average molecular weight is 415 g/mol. The highest BCUT2D eigenvalue weighted by atomic mass is 32.1. The van der Waals surface area contributed by atoms with Gasteiger partial charge in [-0.1, -0.05) is 12.1 Å². The van der Waals surface area contributed by atoms with Crippen molar-refractivity contribution in [3.05, 3.63) is 46.8 Å². The quantitative estimate of drug-likeness (QED) is 0.297. The highest BCUT2D eigenvalue weighted by Crippen LogP contribution is 2.28. The summed E-state index contributed by atoms with van der Waals surface area (Å²) in [6.45, 7) is 8.02. The Bertz CT molecular complexity index is 697. The summed E-state index contributed by atoms with van der Waals surface area (Å²) in [5, 5.41) is 12.4. The number of nitrogens with one attached hydrogen (secondary N) is 3. The smallest absolute Gasteiger partial charge is 0.191 e. The normalized spacial score (nSPS) is 16.0. The number of anilines is 1. The van der Waals surface area contributed by atoms with E-state index in [0.717, 1.165) is 50.8 Å². The second kappa shape index (κ2) is 12.4. The predicted octanol–water partition coefficient (Wildman–Crippen LogP) is 3.73. The summed E-state index contributed by atoms with van der Waals surface area (Å²) < 4.78 is 0. The maximum absolute atomic E-state index is 4.91. The van der Waals surface area contributed by atoms with Crippen LogP contribution in [-0.2, 0) is 0 Å². The summed E-state index contributed by atoms with van der Waals surface area (Å²) in [5.74, 6) is 1.86. The van der Waals surface area contributed by atoms with Crippen molar-refractivity contribution in [2.24, 2.45) is 4.99 Å². The molecule has 3 heterocycles. The largest absolute Gasteiger partial charge is 0.370 e. The molecule has 2 aromatic heterocycles. The molecule has 3 N–H and O–H groups in total. The average Bonchev–Trinajstić information content (AvgIpc) is 3.46. The van der Waals surface area contributed by atoms with Crippen molar-refractivity contribution in [1.82, 2.24) is 20.5 Å². The van der Waals surface area contributed by atoms with Gasteiger partial charge in [0.15, 0.2) is 5.96 Å². The molecule has 29 heavy (non-hydrogen) atoms. The number of unbranched alkanes of at least 4 members (excludes halogenated alkanes) is 1. The maximum atomic E-state index is 4.91. The molecule has 158 valence electrons. The van der Waals surface area contributed by atoms with E-state index in [9.17, 15) is 0 Å². The first-order chi connectivity index (χ1) is 14.4. The third-order valence-electron chi connectivity index (χ3n) is 5.09. The monoisotopic (exact) mass is 414 g/mol. The highest BCUT2D eigenvalue weighted by molar-refractivity contribution is 7.10. The van der Waals surface area contributed by atoms with Gasteiger partial charge in [-0.3, -0.25) is 9.89 Å². The van der Waals surface area contributed by atoms with Crippen LogP contribution in [-0.4, -0.2) is 55.1 Å². The molecule has 1 aliphatic rings. The summed E-state index contributed by atoms with van der Waals surface area (Å²) in [6.07, 6.45) is 6.60. The van der Waals surface area contributed by atoms with Crippen LogP contribution in [0.3, 0.4) is 0 Å². The number of rotatable bonds is 11. The lowest BCUT2D eigenvalue weighted by Crippen LogP contribution is -2.39. The standard InChI is InChI=1S/C22H34N6S/c1-2-23-22(26-14-6-5-13-25-21-11-3-4-12-24-21)27-18-19(20-10-9-17-29-20)28-15-7-8-16-28/h3-4,9-12,17,19H,2,5-8,13-16,18H2,1H3,(H,24,25)(H2,23,26,27). The fourth-order valence-corrected chi connectivity index (χ4v) is 4.43. The molecule has 6 nitrogen and oxygen atoms in total. The van der Waals surface area contributed by atoms with E-state index in [-0.39, 0.29) is 0 Å². The lowest BCUT2D eigenvalue weighted by molar-refractivity contribution is 0.255. The van der Waals surface area contributed by atoms with Crippen molar-refractivity contribution >= 4 is 23.1 Å². The van der Waals surface area contributed by atoms with Crippen LogP contribution in [0.4, 0.5) is 5.82 Å². The number of likely N-dealkylation sites (tertiary alicyclic amines) is 1. The topological polar surface area (TPSA) is 64.6 Å². The van der Waals surface area contributed by atoms with Gasteiger partial charge >= 0.3 is 0 Å². The van der Waals surface area contributed by atoms with E-state index in [1.165, 1.54) is 30.8 Å². The first-order valence-electron chi connectivity index (χ1n) is 10.8. The molecular formula is C22H34N6S. The molecule has 0 aliphatic carbocycles. The molecule has 0 saturated carbocycles. The number of hydrogen-bond donors (Lipinski definition) is 3. The number of thiophene rings is 1. The van der Waals surface area contributed by atoms with Crippen molar-refractivity contribution in [3.63, 3.8) is 0 Å². The van der Waals surface area contributed by atoms with Gasteiger partial charge in [-0.25, -0.2) is 4.98 Å². The van der Waals surface area contributed by atoms with Gasteiger partial charge in [-0.15, -0.1) is 11.3 Å². The van der Waals surface area contributed by atoms with E-state index in [2.05, 4.69) is 50.3 Å². The minimum Gasteiger partial charge on any atom is -0.370 e. The van der Waals surface area contributed by atoms with Gasteiger partial charge in [0.2, 0.25) is 0 Å². The summed E-state index contributed by atoms with van der Waals surface area (Å²) in [6, 6.07) is 10.7. The fraction of sp³-hybridized carbons (Fsp3) is 0.545. The van der Waals surface area contributed by atoms with E-state index >= 15 is 0 Å². The third-order valence-corrected chi connectivity index (χ3v) is 6.06. The molecule has 0 aromatic carbocycles. The predicted molar refractivity (Wildman–Crippen MR) is 124 cm³/mol. The summed E-state index contributed by atoms with van der Waals surface area (Å²) in [5.41, 5.74) is 0. The molecule has 0 radical (unpaired) electrons. The second-order valence-electron chi connectivity index (χ2n) is 7.27. The Labute approximate surface area is 178 Å². The van der Waals surface area contributed by atoms with Crippen LogP contribution in [0.15, 0.2) is 46.9 Å². The molecule has 1 aliphatic heterocycles. The summed E-state index contributed by atoms with van der Waals surface area (Å²) >= 11 is 1.84. The Morgan fingerprint density at radius 2 is 2.00 bits per heavy atom. The van der Waals surface area contributed by atoms with Crippen LogP contribution in [0, 0.1) is 0 Å². The van der Waals surface area contributed by atoms with Crippen molar-refractivity contribution in [1.29, 1.82) is 0 Å². The lowest BCUT2D eigenvalue weighted by Gasteiger charge is -2.25. The van der Waals surface area contributed by atoms with Crippen molar-refractivity contribution in [2.75, 3.05) is 44.6 Å². The Morgan fingerprint density at radius 3 is 2.72 bits per heavy atom. The molecule has 1 unspecified atom stereocenters.